The summed E-state index contributed by atoms with van der Waals surface area (Å²) in [5, 5.41) is 11.5. The number of anilines is 1. The lowest BCUT2D eigenvalue weighted by Crippen LogP contribution is -2.15. The highest BCUT2D eigenvalue weighted by atomic mass is 32.2. The van der Waals surface area contributed by atoms with Gasteiger partial charge in [0.1, 0.15) is 28.7 Å². The number of nitrogens with one attached hydrogen (secondary N) is 1. The van der Waals surface area contributed by atoms with Crippen LogP contribution in [0.2, 0.25) is 0 Å². The second kappa shape index (κ2) is 9.60. The van der Waals surface area contributed by atoms with Gasteiger partial charge >= 0.3 is 0 Å². The van der Waals surface area contributed by atoms with Gasteiger partial charge in [-0.3, -0.25) is 4.79 Å². The van der Waals surface area contributed by atoms with E-state index in [-0.39, 0.29) is 24.0 Å². The predicted molar refractivity (Wildman–Crippen MR) is 118 cm³/mol. The number of ether oxygens (including phenoxy) is 2. The third-order valence-corrected chi connectivity index (χ3v) is 5.55. The standard InChI is InChI=1S/C21H19FN6O3S/c1-30-14-7-8-16(17(9-14)31-2)25-18(29)11-32-21-19-20(23-12-24-21)28(27-26-19)10-13-5-3-4-6-15(13)22/h3-9,12H,10-11H2,1-2H3,(H,25,29). The molecule has 11 heteroatoms. The normalized spacial score (nSPS) is 10.8. The van der Waals surface area contributed by atoms with Gasteiger partial charge in [-0.2, -0.15) is 0 Å². The quantitative estimate of drug-likeness (QED) is 0.320. The Bertz CT molecular complexity index is 1270. The van der Waals surface area contributed by atoms with Crippen LogP contribution in [0.5, 0.6) is 11.5 Å². The second-order valence-corrected chi connectivity index (χ2v) is 7.56. The van der Waals surface area contributed by atoms with Crippen molar-refractivity contribution in [1.82, 2.24) is 25.0 Å². The zero-order valence-corrected chi connectivity index (χ0v) is 18.1. The van der Waals surface area contributed by atoms with Crippen molar-refractivity contribution in [2.24, 2.45) is 0 Å². The summed E-state index contributed by atoms with van der Waals surface area (Å²) in [4.78, 5) is 20.9. The van der Waals surface area contributed by atoms with E-state index in [0.717, 1.165) is 0 Å². The Morgan fingerprint density at radius 1 is 1.16 bits per heavy atom. The van der Waals surface area contributed by atoms with E-state index in [0.29, 0.717) is 38.9 Å². The van der Waals surface area contributed by atoms with E-state index in [9.17, 15) is 9.18 Å². The number of hydrogen-bond acceptors (Lipinski definition) is 8. The van der Waals surface area contributed by atoms with Crippen molar-refractivity contribution < 1.29 is 18.7 Å². The number of rotatable bonds is 8. The van der Waals surface area contributed by atoms with Crippen LogP contribution in [-0.2, 0) is 11.3 Å². The molecular weight excluding hydrogens is 435 g/mol. The molecule has 2 aromatic carbocycles. The van der Waals surface area contributed by atoms with Gasteiger partial charge in [0, 0.05) is 11.6 Å². The smallest absolute Gasteiger partial charge is 0.234 e. The van der Waals surface area contributed by atoms with Gasteiger partial charge in [-0.1, -0.05) is 35.2 Å². The number of thioether (sulfide) groups is 1. The van der Waals surface area contributed by atoms with E-state index in [2.05, 4.69) is 25.6 Å². The molecule has 2 aromatic heterocycles. The number of carbonyl (C=O) groups is 1. The van der Waals surface area contributed by atoms with Crippen molar-refractivity contribution in [2.45, 2.75) is 11.6 Å². The summed E-state index contributed by atoms with van der Waals surface area (Å²) in [6.45, 7) is 0.183. The maximum absolute atomic E-state index is 14.0. The van der Waals surface area contributed by atoms with Crippen LogP contribution in [0.1, 0.15) is 5.56 Å². The minimum atomic E-state index is -0.328. The van der Waals surface area contributed by atoms with Gasteiger partial charge in [0.15, 0.2) is 11.2 Å². The molecule has 4 aromatic rings. The number of benzene rings is 2. The number of amides is 1. The largest absolute Gasteiger partial charge is 0.497 e. The zero-order valence-electron chi connectivity index (χ0n) is 17.3. The number of carbonyl (C=O) groups excluding carboxylic acids is 1. The molecule has 0 atom stereocenters. The van der Waals surface area contributed by atoms with E-state index in [1.165, 1.54) is 35.9 Å². The fraction of sp³-hybridized carbons (Fsp3) is 0.190. The molecule has 164 valence electrons. The molecule has 0 fully saturated rings. The van der Waals surface area contributed by atoms with Crippen molar-refractivity contribution >= 4 is 34.5 Å². The third kappa shape index (κ3) is 4.62. The third-order valence-electron chi connectivity index (χ3n) is 4.57. The highest BCUT2D eigenvalue weighted by molar-refractivity contribution is 8.00. The summed E-state index contributed by atoms with van der Waals surface area (Å²) in [6.07, 6.45) is 1.37. The Balaban J connectivity index is 1.46. The van der Waals surface area contributed by atoms with Crippen LogP contribution in [0, 0.1) is 5.82 Å². The van der Waals surface area contributed by atoms with E-state index in [4.69, 9.17) is 9.47 Å². The fourth-order valence-corrected chi connectivity index (χ4v) is 3.72. The molecule has 2 heterocycles. The SMILES string of the molecule is COc1ccc(NC(=O)CSc2ncnc3c2nnn3Cc2ccccc2F)c(OC)c1. The molecular formula is C21H19FN6O3S. The lowest BCUT2D eigenvalue weighted by Gasteiger charge is -2.11. The molecule has 0 aliphatic carbocycles. The summed E-state index contributed by atoms with van der Waals surface area (Å²) in [6, 6.07) is 11.6. The molecule has 0 saturated heterocycles. The monoisotopic (exact) mass is 454 g/mol. The summed E-state index contributed by atoms with van der Waals surface area (Å²) >= 11 is 1.20. The first-order chi connectivity index (χ1) is 15.6. The van der Waals surface area contributed by atoms with Gasteiger partial charge in [-0.25, -0.2) is 19.0 Å². The second-order valence-electron chi connectivity index (χ2n) is 6.59. The molecule has 0 unspecified atom stereocenters. The average Bonchev–Trinajstić information content (AvgIpc) is 3.23. The van der Waals surface area contributed by atoms with Gasteiger partial charge in [-0.05, 0) is 18.2 Å². The van der Waals surface area contributed by atoms with Gasteiger partial charge < -0.3 is 14.8 Å². The Kier molecular flexibility index (Phi) is 6.45. The van der Waals surface area contributed by atoms with Crippen molar-refractivity contribution in [2.75, 3.05) is 25.3 Å². The highest BCUT2D eigenvalue weighted by Crippen LogP contribution is 2.29. The van der Waals surface area contributed by atoms with Gasteiger partial charge in [0.25, 0.3) is 0 Å². The average molecular weight is 454 g/mol. The topological polar surface area (TPSA) is 104 Å². The number of nitrogens with zero attached hydrogens (tertiary/aromatic N) is 5. The molecule has 0 radical (unpaired) electrons. The zero-order chi connectivity index (χ0) is 22.5. The summed E-state index contributed by atoms with van der Waals surface area (Å²) in [7, 11) is 3.07. The van der Waals surface area contributed by atoms with Crippen LogP contribution in [-0.4, -0.2) is 50.8 Å². The van der Waals surface area contributed by atoms with Gasteiger partial charge in [0.2, 0.25) is 5.91 Å². The lowest BCUT2D eigenvalue weighted by atomic mass is 10.2. The minimum absolute atomic E-state index is 0.0848. The first-order valence-electron chi connectivity index (χ1n) is 9.51. The predicted octanol–water partition coefficient (Wildman–Crippen LogP) is 3.16. The number of aromatic nitrogens is 5. The molecule has 0 aliphatic heterocycles. The molecule has 0 aliphatic rings. The van der Waals surface area contributed by atoms with Crippen LogP contribution in [0.4, 0.5) is 10.1 Å². The van der Waals surface area contributed by atoms with Gasteiger partial charge in [-0.15, -0.1) is 5.10 Å². The van der Waals surface area contributed by atoms with Gasteiger partial charge in [0.05, 0.1) is 32.2 Å². The van der Waals surface area contributed by atoms with Crippen LogP contribution in [0.25, 0.3) is 11.2 Å². The Hall–Kier alpha value is -3.73. The van der Waals surface area contributed by atoms with Crippen molar-refractivity contribution in [1.29, 1.82) is 0 Å². The first kappa shape index (κ1) is 21.5. The van der Waals surface area contributed by atoms with Crippen LogP contribution < -0.4 is 14.8 Å². The van der Waals surface area contributed by atoms with Crippen molar-refractivity contribution in [3.8, 4) is 11.5 Å². The van der Waals surface area contributed by atoms with E-state index >= 15 is 0 Å². The number of hydrogen-bond donors (Lipinski definition) is 1. The number of methoxy groups -OCH3 is 2. The number of halogens is 1. The first-order valence-corrected chi connectivity index (χ1v) is 10.5. The molecule has 9 nitrogen and oxygen atoms in total. The summed E-state index contributed by atoms with van der Waals surface area (Å²) < 4.78 is 26.0. The Morgan fingerprint density at radius 2 is 2.00 bits per heavy atom. The van der Waals surface area contributed by atoms with Crippen LogP contribution in [0.3, 0.4) is 0 Å². The van der Waals surface area contributed by atoms with E-state index < -0.39 is 0 Å². The molecule has 0 saturated carbocycles. The van der Waals surface area contributed by atoms with Crippen molar-refractivity contribution in [3.05, 3.63) is 60.2 Å². The van der Waals surface area contributed by atoms with E-state index in [1.807, 2.05) is 0 Å². The fourth-order valence-electron chi connectivity index (χ4n) is 2.99. The van der Waals surface area contributed by atoms with Crippen LogP contribution in [0.15, 0.2) is 53.8 Å². The molecule has 32 heavy (non-hydrogen) atoms. The molecule has 0 spiro atoms. The van der Waals surface area contributed by atoms with Crippen LogP contribution >= 0.6 is 11.8 Å². The summed E-state index contributed by atoms with van der Waals surface area (Å²) in [5.74, 6) is 0.621. The minimum Gasteiger partial charge on any atom is -0.497 e. The van der Waals surface area contributed by atoms with Crippen molar-refractivity contribution in [3.63, 3.8) is 0 Å². The Labute approximate surface area is 187 Å². The summed E-state index contributed by atoms with van der Waals surface area (Å²) in [5.41, 5.74) is 1.91. The number of fused-ring (bicyclic) bond motifs is 1. The maximum atomic E-state index is 14.0. The maximum Gasteiger partial charge on any atom is 0.234 e. The highest BCUT2D eigenvalue weighted by Gasteiger charge is 2.16. The van der Waals surface area contributed by atoms with E-state index in [1.54, 1.807) is 43.5 Å². The lowest BCUT2D eigenvalue weighted by molar-refractivity contribution is -0.113. The molecule has 1 amide bonds. The molecule has 1 N–H and O–H groups in total. The molecule has 4 rings (SSSR count). The molecule has 0 bridgehead atoms. The Morgan fingerprint density at radius 3 is 2.78 bits per heavy atom.